The van der Waals surface area contributed by atoms with E-state index < -0.39 is 0 Å². The molecule has 0 saturated carbocycles. The summed E-state index contributed by atoms with van der Waals surface area (Å²) in [5, 5.41) is 3.44. The molecule has 0 amide bonds. The Hall–Kier alpha value is -1.02. The van der Waals surface area contributed by atoms with Gasteiger partial charge in [-0.15, -0.1) is 0 Å². The summed E-state index contributed by atoms with van der Waals surface area (Å²) in [7, 11) is 0. The van der Waals surface area contributed by atoms with Crippen molar-refractivity contribution in [2.24, 2.45) is 5.92 Å². The van der Waals surface area contributed by atoms with Gasteiger partial charge in [0.05, 0.1) is 0 Å². The summed E-state index contributed by atoms with van der Waals surface area (Å²) in [6.45, 7) is 2.91. The van der Waals surface area contributed by atoms with Gasteiger partial charge in [0.1, 0.15) is 0 Å². The lowest BCUT2D eigenvalue weighted by Crippen LogP contribution is -2.22. The highest BCUT2D eigenvalue weighted by Crippen LogP contribution is 2.15. The monoisotopic (exact) mass is 190 g/mol. The van der Waals surface area contributed by atoms with Crippen LogP contribution in [0.25, 0.3) is 0 Å². The van der Waals surface area contributed by atoms with Crippen LogP contribution in [0.1, 0.15) is 12.8 Å². The zero-order valence-electron chi connectivity index (χ0n) is 8.33. The number of rotatable bonds is 3. The third-order valence-electron chi connectivity index (χ3n) is 2.65. The van der Waals surface area contributed by atoms with Crippen LogP contribution in [0, 0.1) is 12.0 Å². The number of hydrogen-bond acceptors (Lipinski definition) is 2. The molecular formula is C12H16NO. The molecule has 1 aromatic carbocycles. The van der Waals surface area contributed by atoms with E-state index in [4.69, 9.17) is 4.74 Å². The van der Waals surface area contributed by atoms with Crippen molar-refractivity contribution in [2.75, 3.05) is 25.1 Å². The van der Waals surface area contributed by atoms with E-state index in [1.54, 1.807) is 0 Å². The highest BCUT2D eigenvalue weighted by molar-refractivity contribution is 5.42. The second kappa shape index (κ2) is 5.01. The first-order valence-electron chi connectivity index (χ1n) is 5.23. The van der Waals surface area contributed by atoms with Crippen molar-refractivity contribution in [2.45, 2.75) is 12.8 Å². The van der Waals surface area contributed by atoms with E-state index in [2.05, 4.69) is 23.5 Å². The molecule has 1 N–H and O–H groups in total. The Morgan fingerprint density at radius 3 is 2.71 bits per heavy atom. The van der Waals surface area contributed by atoms with E-state index in [0.29, 0.717) is 0 Å². The average molecular weight is 190 g/mol. The lowest BCUT2D eigenvalue weighted by atomic mass is 10.0. The summed E-state index contributed by atoms with van der Waals surface area (Å²) in [5.41, 5.74) is 1.19. The maximum absolute atomic E-state index is 5.32. The molecule has 0 unspecified atom stereocenters. The van der Waals surface area contributed by atoms with Gasteiger partial charge in [-0.05, 0) is 37.0 Å². The first-order chi connectivity index (χ1) is 6.95. The molecule has 1 radical (unpaired) electrons. The summed E-state index contributed by atoms with van der Waals surface area (Å²) in [6, 6.07) is 11.0. The van der Waals surface area contributed by atoms with E-state index in [9.17, 15) is 0 Å². The Morgan fingerprint density at radius 2 is 2.00 bits per heavy atom. The third-order valence-corrected chi connectivity index (χ3v) is 2.65. The zero-order valence-corrected chi connectivity index (χ0v) is 8.33. The standard InChI is InChI=1S/C12H16NO/c1-2-4-12(5-3-1)13-10-11-6-8-14-9-7-11/h2-5,11,13H,6-10H2. The van der Waals surface area contributed by atoms with Gasteiger partial charge >= 0.3 is 0 Å². The molecule has 2 nitrogen and oxygen atoms in total. The molecule has 0 aromatic heterocycles. The van der Waals surface area contributed by atoms with Gasteiger partial charge in [-0.2, -0.15) is 0 Å². The second-order valence-electron chi connectivity index (χ2n) is 3.73. The van der Waals surface area contributed by atoms with Gasteiger partial charge in [0, 0.05) is 25.4 Å². The van der Waals surface area contributed by atoms with Gasteiger partial charge in [-0.25, -0.2) is 0 Å². The minimum Gasteiger partial charge on any atom is -0.385 e. The fourth-order valence-electron chi connectivity index (χ4n) is 1.72. The zero-order chi connectivity index (χ0) is 9.64. The van der Waals surface area contributed by atoms with Crippen molar-refractivity contribution in [1.29, 1.82) is 0 Å². The van der Waals surface area contributed by atoms with Crippen LogP contribution in [0.15, 0.2) is 24.3 Å². The van der Waals surface area contributed by atoms with Gasteiger partial charge in [-0.1, -0.05) is 12.1 Å². The summed E-state index contributed by atoms with van der Waals surface area (Å²) < 4.78 is 5.32. The van der Waals surface area contributed by atoms with Gasteiger partial charge in [-0.3, -0.25) is 0 Å². The molecule has 14 heavy (non-hydrogen) atoms. The Kier molecular flexibility index (Phi) is 3.41. The number of nitrogens with one attached hydrogen (secondary N) is 1. The molecule has 1 fully saturated rings. The van der Waals surface area contributed by atoms with Crippen molar-refractivity contribution < 1.29 is 4.74 Å². The SMILES string of the molecule is [c]1ccc(NCC2CCOCC2)cc1. The molecule has 0 atom stereocenters. The minimum atomic E-state index is 0.771. The van der Waals surface area contributed by atoms with Crippen molar-refractivity contribution in [3.05, 3.63) is 30.3 Å². The van der Waals surface area contributed by atoms with Gasteiger partial charge in [0.15, 0.2) is 0 Å². The normalized spacial score (nSPS) is 18.0. The first-order valence-corrected chi connectivity index (χ1v) is 5.23. The van der Waals surface area contributed by atoms with E-state index in [0.717, 1.165) is 25.7 Å². The Morgan fingerprint density at radius 1 is 1.29 bits per heavy atom. The van der Waals surface area contributed by atoms with Crippen molar-refractivity contribution in [1.82, 2.24) is 0 Å². The van der Waals surface area contributed by atoms with Crippen LogP contribution in [0.5, 0.6) is 0 Å². The van der Waals surface area contributed by atoms with Crippen LogP contribution in [-0.2, 0) is 4.74 Å². The fraction of sp³-hybridized carbons (Fsp3) is 0.500. The average Bonchev–Trinajstić information content (AvgIpc) is 2.29. The highest BCUT2D eigenvalue weighted by Gasteiger charge is 2.12. The molecule has 1 aliphatic rings. The van der Waals surface area contributed by atoms with Crippen LogP contribution in [0.3, 0.4) is 0 Å². The molecule has 1 saturated heterocycles. The lowest BCUT2D eigenvalue weighted by Gasteiger charge is -2.22. The minimum absolute atomic E-state index is 0.771. The van der Waals surface area contributed by atoms with Gasteiger partial charge in [0.2, 0.25) is 0 Å². The van der Waals surface area contributed by atoms with E-state index in [1.807, 2.05) is 12.1 Å². The third kappa shape index (κ3) is 2.74. The van der Waals surface area contributed by atoms with Crippen LogP contribution in [0.4, 0.5) is 5.69 Å². The molecule has 75 valence electrons. The molecule has 1 aromatic rings. The van der Waals surface area contributed by atoms with E-state index in [1.165, 1.54) is 18.5 Å². The predicted octanol–water partition coefficient (Wildman–Crippen LogP) is 2.33. The molecule has 0 aliphatic carbocycles. The van der Waals surface area contributed by atoms with Crippen LogP contribution < -0.4 is 5.32 Å². The maximum Gasteiger partial charge on any atom is 0.0469 e. The first kappa shape index (κ1) is 9.53. The summed E-state index contributed by atoms with van der Waals surface area (Å²) in [5.74, 6) is 0.771. The highest BCUT2D eigenvalue weighted by atomic mass is 16.5. The maximum atomic E-state index is 5.32. The lowest BCUT2D eigenvalue weighted by molar-refractivity contribution is 0.0699. The Bertz CT molecular complexity index is 254. The largest absolute Gasteiger partial charge is 0.385 e. The number of hydrogen-bond donors (Lipinski definition) is 1. The van der Waals surface area contributed by atoms with Crippen LogP contribution >= 0.6 is 0 Å². The van der Waals surface area contributed by atoms with Crippen LogP contribution in [0.2, 0.25) is 0 Å². The van der Waals surface area contributed by atoms with Gasteiger partial charge in [0.25, 0.3) is 0 Å². The quantitative estimate of drug-likeness (QED) is 0.789. The van der Waals surface area contributed by atoms with Crippen LogP contribution in [-0.4, -0.2) is 19.8 Å². The van der Waals surface area contributed by atoms with E-state index >= 15 is 0 Å². The molecule has 0 bridgehead atoms. The topological polar surface area (TPSA) is 21.3 Å². The number of anilines is 1. The van der Waals surface area contributed by atoms with Crippen molar-refractivity contribution in [3.63, 3.8) is 0 Å². The Labute approximate surface area is 85.3 Å². The predicted molar refractivity (Wildman–Crippen MR) is 57.3 cm³/mol. The number of ether oxygens (including phenoxy) is 1. The van der Waals surface area contributed by atoms with Crippen molar-refractivity contribution in [3.8, 4) is 0 Å². The molecule has 1 heterocycles. The fourth-order valence-corrected chi connectivity index (χ4v) is 1.72. The number of benzene rings is 1. The van der Waals surface area contributed by atoms with E-state index in [-0.39, 0.29) is 0 Å². The van der Waals surface area contributed by atoms with Crippen molar-refractivity contribution >= 4 is 5.69 Å². The smallest absolute Gasteiger partial charge is 0.0469 e. The van der Waals surface area contributed by atoms with Gasteiger partial charge < -0.3 is 10.1 Å². The second-order valence-corrected chi connectivity index (χ2v) is 3.73. The summed E-state index contributed by atoms with van der Waals surface area (Å²) in [6.07, 6.45) is 2.37. The molecular weight excluding hydrogens is 174 g/mol. The molecule has 0 spiro atoms. The molecule has 2 heteroatoms. The Balaban J connectivity index is 1.76. The summed E-state index contributed by atoms with van der Waals surface area (Å²) in [4.78, 5) is 0. The molecule has 2 rings (SSSR count). The molecule has 1 aliphatic heterocycles. The summed E-state index contributed by atoms with van der Waals surface area (Å²) >= 11 is 0.